The molecule has 130 valence electrons. The van der Waals surface area contributed by atoms with Gasteiger partial charge in [0, 0.05) is 5.56 Å². The number of phenols is 1. The summed E-state index contributed by atoms with van der Waals surface area (Å²) in [5.41, 5.74) is 2.73. The van der Waals surface area contributed by atoms with Gasteiger partial charge in [0.05, 0.1) is 7.11 Å². The van der Waals surface area contributed by atoms with Crippen molar-refractivity contribution in [3.8, 4) is 22.6 Å². The minimum Gasteiger partial charge on any atom is -0.504 e. The molecule has 3 aromatic rings. The number of ketones is 1. The summed E-state index contributed by atoms with van der Waals surface area (Å²) in [6, 6.07) is 18.1. The number of hydrogen-bond acceptors (Lipinski definition) is 3. The van der Waals surface area contributed by atoms with Gasteiger partial charge in [0.2, 0.25) is 0 Å². The number of phenolic OH excluding ortho intramolecular Hbond substituents is 1. The summed E-state index contributed by atoms with van der Waals surface area (Å²) in [6.45, 7) is 0. The minimum absolute atomic E-state index is 0.0405. The number of benzene rings is 3. The molecule has 0 atom stereocenters. The predicted molar refractivity (Wildman–Crippen MR) is 99.9 cm³/mol. The first kappa shape index (κ1) is 17.4. The third-order valence-corrected chi connectivity index (χ3v) is 3.94. The third-order valence-electron chi connectivity index (χ3n) is 3.94. The van der Waals surface area contributed by atoms with E-state index in [4.69, 9.17) is 4.74 Å². The molecule has 3 rings (SSSR count). The van der Waals surface area contributed by atoms with Crippen LogP contribution in [0.3, 0.4) is 0 Å². The van der Waals surface area contributed by atoms with Crippen molar-refractivity contribution in [1.82, 2.24) is 0 Å². The van der Waals surface area contributed by atoms with Crippen molar-refractivity contribution < 1.29 is 19.0 Å². The number of carbonyl (C=O) groups excluding carboxylic acids is 1. The van der Waals surface area contributed by atoms with Gasteiger partial charge in [-0.05, 0) is 53.1 Å². The highest BCUT2D eigenvalue weighted by molar-refractivity contribution is 6.07. The normalized spacial score (nSPS) is 10.8. The van der Waals surface area contributed by atoms with Gasteiger partial charge in [-0.2, -0.15) is 0 Å². The third kappa shape index (κ3) is 3.98. The quantitative estimate of drug-likeness (QED) is 0.515. The van der Waals surface area contributed by atoms with Crippen molar-refractivity contribution in [3.05, 3.63) is 89.8 Å². The maximum atomic E-state index is 13.4. The summed E-state index contributed by atoms with van der Waals surface area (Å²) >= 11 is 0. The lowest BCUT2D eigenvalue weighted by Gasteiger charge is -2.05. The van der Waals surface area contributed by atoms with Crippen LogP contribution in [0.1, 0.15) is 15.9 Å². The van der Waals surface area contributed by atoms with Crippen molar-refractivity contribution in [3.63, 3.8) is 0 Å². The molecule has 0 fully saturated rings. The molecule has 26 heavy (non-hydrogen) atoms. The van der Waals surface area contributed by atoms with Crippen molar-refractivity contribution in [2.24, 2.45) is 0 Å². The van der Waals surface area contributed by atoms with Crippen LogP contribution in [0.25, 0.3) is 17.2 Å². The molecule has 4 heteroatoms. The molecular weight excluding hydrogens is 331 g/mol. The van der Waals surface area contributed by atoms with Crippen LogP contribution in [0.4, 0.5) is 4.39 Å². The van der Waals surface area contributed by atoms with Gasteiger partial charge >= 0.3 is 0 Å². The second-order valence-corrected chi connectivity index (χ2v) is 5.72. The van der Waals surface area contributed by atoms with Gasteiger partial charge in [0.15, 0.2) is 17.3 Å². The molecule has 1 N–H and O–H groups in total. The van der Waals surface area contributed by atoms with E-state index in [2.05, 4.69) is 0 Å². The SMILES string of the molecule is COc1cc(/C=C/C(=O)c2cccc(-c3cccc(F)c3)c2)ccc1O. The van der Waals surface area contributed by atoms with Crippen molar-refractivity contribution in [1.29, 1.82) is 0 Å². The molecule has 0 aliphatic carbocycles. The fourth-order valence-electron chi connectivity index (χ4n) is 2.59. The molecule has 3 aromatic carbocycles. The summed E-state index contributed by atoms with van der Waals surface area (Å²) in [4.78, 5) is 12.4. The van der Waals surface area contributed by atoms with Gasteiger partial charge in [-0.25, -0.2) is 4.39 Å². The van der Waals surface area contributed by atoms with E-state index in [1.807, 2.05) is 6.07 Å². The Bertz CT molecular complexity index is 977. The van der Waals surface area contributed by atoms with Gasteiger partial charge in [0.1, 0.15) is 5.82 Å². The van der Waals surface area contributed by atoms with E-state index >= 15 is 0 Å². The van der Waals surface area contributed by atoms with Crippen molar-refractivity contribution in [2.45, 2.75) is 0 Å². The Labute approximate surface area is 151 Å². The number of carbonyl (C=O) groups is 1. The van der Waals surface area contributed by atoms with Crippen LogP contribution in [0.15, 0.2) is 72.8 Å². The van der Waals surface area contributed by atoms with Gasteiger partial charge in [-0.1, -0.05) is 42.5 Å². The average Bonchev–Trinajstić information content (AvgIpc) is 2.67. The number of ether oxygens (including phenoxy) is 1. The highest BCUT2D eigenvalue weighted by Crippen LogP contribution is 2.27. The van der Waals surface area contributed by atoms with E-state index in [1.165, 1.54) is 31.4 Å². The standard InChI is InChI=1S/C22H17FO3/c1-26-22-12-15(9-11-21(22)25)8-10-20(24)18-6-2-4-16(13-18)17-5-3-7-19(23)14-17/h2-14,25H,1H3/b10-8+. The zero-order valence-electron chi connectivity index (χ0n) is 14.1. The maximum Gasteiger partial charge on any atom is 0.185 e. The van der Waals surface area contributed by atoms with E-state index in [-0.39, 0.29) is 17.3 Å². The second kappa shape index (κ2) is 7.66. The van der Waals surface area contributed by atoms with E-state index in [0.717, 1.165) is 11.1 Å². The highest BCUT2D eigenvalue weighted by atomic mass is 19.1. The van der Waals surface area contributed by atoms with Crippen LogP contribution in [-0.2, 0) is 0 Å². The molecule has 0 aliphatic heterocycles. The Morgan fingerprint density at radius 1 is 1.00 bits per heavy atom. The molecule has 0 radical (unpaired) electrons. The van der Waals surface area contributed by atoms with Gasteiger partial charge in [-0.3, -0.25) is 4.79 Å². The maximum absolute atomic E-state index is 13.4. The van der Waals surface area contributed by atoms with Gasteiger partial charge < -0.3 is 9.84 Å². The summed E-state index contributed by atoms with van der Waals surface area (Å²) < 4.78 is 18.5. The van der Waals surface area contributed by atoms with Crippen LogP contribution in [0, 0.1) is 5.82 Å². The summed E-state index contributed by atoms with van der Waals surface area (Å²) in [5, 5.41) is 9.61. The zero-order valence-corrected chi connectivity index (χ0v) is 14.1. The van der Waals surface area contributed by atoms with Crippen LogP contribution < -0.4 is 4.74 Å². The molecule has 3 nitrogen and oxygen atoms in total. The number of allylic oxidation sites excluding steroid dienone is 1. The number of rotatable bonds is 5. The largest absolute Gasteiger partial charge is 0.504 e. The van der Waals surface area contributed by atoms with E-state index in [0.29, 0.717) is 16.9 Å². The molecule has 0 saturated heterocycles. The molecular formula is C22H17FO3. The van der Waals surface area contributed by atoms with E-state index < -0.39 is 0 Å². The Hall–Kier alpha value is -3.40. The Morgan fingerprint density at radius 2 is 1.73 bits per heavy atom. The monoisotopic (exact) mass is 348 g/mol. The number of halogens is 1. The summed E-state index contributed by atoms with van der Waals surface area (Å²) in [6.07, 6.45) is 3.11. The Morgan fingerprint density at radius 3 is 2.46 bits per heavy atom. The highest BCUT2D eigenvalue weighted by Gasteiger charge is 2.06. The molecule has 0 amide bonds. The van der Waals surface area contributed by atoms with Crippen molar-refractivity contribution in [2.75, 3.05) is 7.11 Å². The fourth-order valence-corrected chi connectivity index (χ4v) is 2.59. The number of aromatic hydroxyl groups is 1. The first-order chi connectivity index (χ1) is 12.6. The lowest BCUT2D eigenvalue weighted by molar-refractivity contribution is 0.104. The first-order valence-electron chi connectivity index (χ1n) is 8.02. The number of methoxy groups -OCH3 is 1. The molecule has 0 bridgehead atoms. The zero-order chi connectivity index (χ0) is 18.5. The number of hydrogen-bond donors (Lipinski definition) is 1. The lowest BCUT2D eigenvalue weighted by atomic mass is 10.0. The first-order valence-corrected chi connectivity index (χ1v) is 8.02. The average molecular weight is 348 g/mol. The summed E-state index contributed by atoms with van der Waals surface area (Å²) in [7, 11) is 1.46. The predicted octanol–water partition coefficient (Wildman–Crippen LogP) is 5.10. The lowest BCUT2D eigenvalue weighted by Crippen LogP contribution is -1.94. The van der Waals surface area contributed by atoms with Crippen LogP contribution in [0.5, 0.6) is 11.5 Å². The van der Waals surface area contributed by atoms with Crippen LogP contribution in [0.2, 0.25) is 0 Å². The van der Waals surface area contributed by atoms with Gasteiger partial charge in [-0.15, -0.1) is 0 Å². The molecule has 0 saturated carbocycles. The summed E-state index contributed by atoms with van der Waals surface area (Å²) in [5.74, 6) is -0.109. The Balaban J connectivity index is 1.83. The fraction of sp³-hybridized carbons (Fsp3) is 0.0455. The van der Waals surface area contributed by atoms with Crippen LogP contribution >= 0.6 is 0 Å². The second-order valence-electron chi connectivity index (χ2n) is 5.72. The molecule has 0 heterocycles. The van der Waals surface area contributed by atoms with Gasteiger partial charge in [0.25, 0.3) is 0 Å². The molecule has 0 aromatic heterocycles. The Kier molecular flexibility index (Phi) is 5.13. The molecule has 0 unspecified atom stereocenters. The van der Waals surface area contributed by atoms with E-state index in [1.54, 1.807) is 48.5 Å². The topological polar surface area (TPSA) is 46.5 Å². The van der Waals surface area contributed by atoms with E-state index in [9.17, 15) is 14.3 Å². The minimum atomic E-state index is -0.319. The molecule has 0 spiro atoms. The molecule has 0 aliphatic rings. The smallest absolute Gasteiger partial charge is 0.185 e. The van der Waals surface area contributed by atoms with Crippen molar-refractivity contribution >= 4 is 11.9 Å². The van der Waals surface area contributed by atoms with Crippen LogP contribution in [-0.4, -0.2) is 18.0 Å².